The van der Waals surface area contributed by atoms with Gasteiger partial charge < -0.3 is 5.11 Å². The molecule has 94 valence electrons. The maximum absolute atomic E-state index is 13.3. The zero-order valence-electron chi connectivity index (χ0n) is 9.77. The van der Waals surface area contributed by atoms with E-state index in [9.17, 15) is 8.78 Å². The standard InChI is InChI=1S/C15H9F2NO/c16-12-7-11(8-13(17)15(12)19)9-3-4-14-10(6-9)2-1-5-18-14/h1-8,19H. The molecule has 0 fully saturated rings. The summed E-state index contributed by atoms with van der Waals surface area (Å²) in [6.07, 6.45) is 1.68. The van der Waals surface area contributed by atoms with Gasteiger partial charge in [-0.2, -0.15) is 0 Å². The zero-order chi connectivity index (χ0) is 13.4. The van der Waals surface area contributed by atoms with E-state index in [1.165, 1.54) is 0 Å². The van der Waals surface area contributed by atoms with Crippen LogP contribution in [0.2, 0.25) is 0 Å². The number of fused-ring (bicyclic) bond motifs is 1. The Morgan fingerprint density at radius 1 is 0.895 bits per heavy atom. The van der Waals surface area contributed by atoms with Crippen LogP contribution in [0.5, 0.6) is 5.75 Å². The first-order chi connectivity index (χ1) is 9.15. The molecule has 2 nitrogen and oxygen atoms in total. The van der Waals surface area contributed by atoms with E-state index in [0.717, 1.165) is 23.0 Å². The van der Waals surface area contributed by atoms with Crippen LogP contribution in [0.4, 0.5) is 8.78 Å². The highest BCUT2D eigenvalue weighted by atomic mass is 19.1. The molecule has 0 aliphatic carbocycles. The molecule has 0 bridgehead atoms. The second-order valence-corrected chi connectivity index (χ2v) is 4.20. The van der Waals surface area contributed by atoms with Gasteiger partial charge in [-0.15, -0.1) is 0 Å². The van der Waals surface area contributed by atoms with E-state index < -0.39 is 17.4 Å². The second-order valence-electron chi connectivity index (χ2n) is 4.20. The van der Waals surface area contributed by atoms with Gasteiger partial charge in [0.1, 0.15) is 0 Å². The van der Waals surface area contributed by atoms with E-state index in [1.54, 1.807) is 30.5 Å². The lowest BCUT2D eigenvalue weighted by Crippen LogP contribution is -1.87. The first-order valence-corrected chi connectivity index (χ1v) is 5.68. The van der Waals surface area contributed by atoms with Crippen molar-refractivity contribution in [2.24, 2.45) is 0 Å². The number of nitrogens with zero attached hydrogens (tertiary/aromatic N) is 1. The van der Waals surface area contributed by atoms with E-state index in [2.05, 4.69) is 4.98 Å². The number of phenols is 1. The van der Waals surface area contributed by atoms with Crippen LogP contribution in [0.3, 0.4) is 0 Å². The first kappa shape index (κ1) is 11.6. The van der Waals surface area contributed by atoms with Crippen LogP contribution in [-0.4, -0.2) is 10.1 Å². The predicted molar refractivity (Wildman–Crippen MR) is 68.8 cm³/mol. The largest absolute Gasteiger partial charge is 0.503 e. The number of benzene rings is 2. The number of aromatic hydroxyl groups is 1. The number of hydrogen-bond donors (Lipinski definition) is 1. The van der Waals surface area contributed by atoms with Crippen LogP contribution < -0.4 is 0 Å². The van der Waals surface area contributed by atoms with Gasteiger partial charge in [-0.05, 0) is 41.5 Å². The Balaban J connectivity index is 2.19. The Morgan fingerprint density at radius 3 is 2.37 bits per heavy atom. The lowest BCUT2D eigenvalue weighted by atomic mass is 10.0. The van der Waals surface area contributed by atoms with E-state index in [4.69, 9.17) is 5.11 Å². The minimum atomic E-state index is -0.971. The van der Waals surface area contributed by atoms with Gasteiger partial charge in [0.2, 0.25) is 0 Å². The molecule has 19 heavy (non-hydrogen) atoms. The quantitative estimate of drug-likeness (QED) is 0.717. The van der Waals surface area contributed by atoms with Crippen LogP contribution in [0.1, 0.15) is 0 Å². The van der Waals surface area contributed by atoms with Crippen molar-refractivity contribution in [1.82, 2.24) is 4.98 Å². The highest BCUT2D eigenvalue weighted by Gasteiger charge is 2.11. The van der Waals surface area contributed by atoms with Crippen molar-refractivity contribution in [3.8, 4) is 16.9 Å². The molecule has 2 aromatic carbocycles. The molecule has 0 aliphatic heterocycles. The third-order valence-corrected chi connectivity index (χ3v) is 2.95. The maximum atomic E-state index is 13.3. The van der Waals surface area contributed by atoms with Crippen molar-refractivity contribution in [2.75, 3.05) is 0 Å². The molecule has 0 atom stereocenters. The molecule has 4 heteroatoms. The van der Waals surface area contributed by atoms with Crippen molar-refractivity contribution in [2.45, 2.75) is 0 Å². The average Bonchev–Trinajstić information content (AvgIpc) is 2.43. The maximum Gasteiger partial charge on any atom is 0.187 e. The monoisotopic (exact) mass is 257 g/mol. The van der Waals surface area contributed by atoms with E-state index in [1.807, 2.05) is 6.07 Å². The zero-order valence-corrected chi connectivity index (χ0v) is 9.77. The van der Waals surface area contributed by atoms with E-state index in [0.29, 0.717) is 11.1 Å². The number of pyridine rings is 1. The summed E-state index contributed by atoms with van der Waals surface area (Å²) in [5.41, 5.74) is 1.85. The highest BCUT2D eigenvalue weighted by Crippen LogP contribution is 2.29. The van der Waals surface area contributed by atoms with Gasteiger partial charge in [0.05, 0.1) is 5.52 Å². The SMILES string of the molecule is Oc1c(F)cc(-c2ccc3ncccc3c2)cc1F. The number of phenolic OH excluding ortho intramolecular Hbond substituents is 1. The second kappa shape index (κ2) is 4.31. The topological polar surface area (TPSA) is 33.1 Å². The van der Waals surface area contributed by atoms with Gasteiger partial charge >= 0.3 is 0 Å². The van der Waals surface area contributed by atoms with Crippen molar-refractivity contribution >= 4 is 10.9 Å². The molecule has 3 aromatic rings. The summed E-state index contributed by atoms with van der Waals surface area (Å²) in [5.74, 6) is -2.89. The summed E-state index contributed by atoms with van der Waals surface area (Å²) in [6.45, 7) is 0. The van der Waals surface area contributed by atoms with Crippen molar-refractivity contribution in [3.63, 3.8) is 0 Å². The molecule has 1 aromatic heterocycles. The number of rotatable bonds is 1. The molecule has 1 heterocycles. The Morgan fingerprint density at radius 2 is 1.63 bits per heavy atom. The number of hydrogen-bond acceptors (Lipinski definition) is 2. The molecular weight excluding hydrogens is 248 g/mol. The summed E-state index contributed by atoms with van der Waals surface area (Å²) in [4.78, 5) is 4.18. The van der Waals surface area contributed by atoms with Crippen LogP contribution in [0.15, 0.2) is 48.7 Å². The summed E-state index contributed by atoms with van der Waals surface area (Å²) in [5, 5.41) is 9.97. The van der Waals surface area contributed by atoms with E-state index >= 15 is 0 Å². The summed E-state index contributed by atoms with van der Waals surface area (Å²) >= 11 is 0. The lowest BCUT2D eigenvalue weighted by molar-refractivity contribution is 0.396. The molecule has 0 aliphatic rings. The van der Waals surface area contributed by atoms with Crippen LogP contribution in [0, 0.1) is 11.6 Å². The number of halogens is 2. The fourth-order valence-electron chi connectivity index (χ4n) is 1.99. The fraction of sp³-hybridized carbons (Fsp3) is 0. The predicted octanol–water partition coefficient (Wildman–Crippen LogP) is 3.89. The van der Waals surface area contributed by atoms with Gasteiger partial charge in [-0.25, -0.2) is 8.78 Å². The van der Waals surface area contributed by atoms with Gasteiger partial charge in [0.25, 0.3) is 0 Å². The van der Waals surface area contributed by atoms with Gasteiger partial charge in [0.15, 0.2) is 17.4 Å². The fourth-order valence-corrected chi connectivity index (χ4v) is 1.99. The smallest absolute Gasteiger partial charge is 0.187 e. The Bertz CT molecular complexity index is 748. The molecule has 1 N–H and O–H groups in total. The van der Waals surface area contributed by atoms with Crippen molar-refractivity contribution in [1.29, 1.82) is 0 Å². The molecule has 0 amide bonds. The third-order valence-electron chi connectivity index (χ3n) is 2.95. The van der Waals surface area contributed by atoms with E-state index in [-0.39, 0.29) is 0 Å². The van der Waals surface area contributed by atoms with Crippen LogP contribution in [0.25, 0.3) is 22.0 Å². The molecule has 3 rings (SSSR count). The average molecular weight is 257 g/mol. The molecular formula is C15H9F2NO. The minimum Gasteiger partial charge on any atom is -0.503 e. The van der Waals surface area contributed by atoms with Crippen molar-refractivity contribution < 1.29 is 13.9 Å². The van der Waals surface area contributed by atoms with Crippen molar-refractivity contribution in [3.05, 3.63) is 60.3 Å². The molecule has 0 spiro atoms. The normalized spacial score (nSPS) is 10.8. The summed E-state index contributed by atoms with van der Waals surface area (Å²) in [7, 11) is 0. The Labute approximate surface area is 108 Å². The molecule has 0 radical (unpaired) electrons. The molecule has 0 saturated heterocycles. The van der Waals surface area contributed by atoms with Crippen LogP contribution in [-0.2, 0) is 0 Å². The molecule has 0 saturated carbocycles. The number of aromatic nitrogens is 1. The van der Waals surface area contributed by atoms with Crippen LogP contribution >= 0.6 is 0 Å². The van der Waals surface area contributed by atoms with Gasteiger partial charge in [-0.1, -0.05) is 12.1 Å². The lowest BCUT2D eigenvalue weighted by Gasteiger charge is -2.05. The Kier molecular flexibility index (Phi) is 2.63. The first-order valence-electron chi connectivity index (χ1n) is 5.68. The van der Waals surface area contributed by atoms with Gasteiger partial charge in [0, 0.05) is 11.6 Å². The summed E-state index contributed by atoms with van der Waals surface area (Å²) < 4.78 is 26.7. The molecule has 0 unspecified atom stereocenters. The summed E-state index contributed by atoms with van der Waals surface area (Å²) in [6, 6.07) is 11.2. The third kappa shape index (κ3) is 2.01. The minimum absolute atomic E-state index is 0.374. The highest BCUT2D eigenvalue weighted by molar-refractivity contribution is 5.84. The van der Waals surface area contributed by atoms with Gasteiger partial charge in [-0.3, -0.25) is 4.98 Å². The Hall–Kier alpha value is -2.49.